The average molecular weight is 461 g/mol. The van der Waals surface area contributed by atoms with Crippen LogP contribution in [0, 0.1) is 6.92 Å². The Kier molecular flexibility index (Phi) is 11.1. The molecule has 6 heteroatoms. The molecular weight excluding hydrogens is 429 g/mol. The Morgan fingerprint density at radius 1 is 1.32 bits per heavy atom. The summed E-state index contributed by atoms with van der Waals surface area (Å²) in [4.78, 5) is 4.31. The first-order valence-electron chi connectivity index (χ1n) is 8.92. The van der Waals surface area contributed by atoms with Crippen LogP contribution in [0.25, 0.3) is 0 Å². The van der Waals surface area contributed by atoms with E-state index in [0.717, 1.165) is 51.6 Å². The van der Waals surface area contributed by atoms with Gasteiger partial charge in [0, 0.05) is 33.4 Å². The van der Waals surface area contributed by atoms with Gasteiger partial charge in [0.05, 0.1) is 12.1 Å². The summed E-state index contributed by atoms with van der Waals surface area (Å²) in [5.41, 5.74) is 2.58. The fraction of sp³-hybridized carbons (Fsp3) is 0.632. The SMILES string of the molecule is CN=C(NCCCOC1CCOCC1)NC(C)c1ccccc1C.I. The summed E-state index contributed by atoms with van der Waals surface area (Å²) in [5.74, 6) is 0.830. The third-order valence-electron chi connectivity index (χ3n) is 4.37. The number of hydrogen-bond donors (Lipinski definition) is 2. The van der Waals surface area contributed by atoms with Crippen LogP contribution in [-0.2, 0) is 9.47 Å². The highest BCUT2D eigenvalue weighted by molar-refractivity contribution is 14.0. The van der Waals surface area contributed by atoms with Crippen LogP contribution in [0.4, 0.5) is 0 Å². The lowest BCUT2D eigenvalue weighted by Crippen LogP contribution is -2.39. The second kappa shape index (κ2) is 12.5. The van der Waals surface area contributed by atoms with E-state index in [1.54, 1.807) is 7.05 Å². The van der Waals surface area contributed by atoms with Crippen molar-refractivity contribution in [2.24, 2.45) is 4.99 Å². The number of nitrogens with zero attached hydrogens (tertiary/aromatic N) is 1. The van der Waals surface area contributed by atoms with Crippen LogP contribution in [0.1, 0.15) is 43.4 Å². The van der Waals surface area contributed by atoms with E-state index in [4.69, 9.17) is 9.47 Å². The zero-order chi connectivity index (χ0) is 17.2. The molecule has 0 aromatic heterocycles. The molecule has 0 aliphatic carbocycles. The topological polar surface area (TPSA) is 54.9 Å². The minimum Gasteiger partial charge on any atom is -0.381 e. The van der Waals surface area contributed by atoms with E-state index < -0.39 is 0 Å². The summed E-state index contributed by atoms with van der Waals surface area (Å²) in [6.45, 7) is 7.58. The van der Waals surface area contributed by atoms with Crippen LogP contribution in [0.15, 0.2) is 29.3 Å². The van der Waals surface area contributed by atoms with Gasteiger partial charge in [-0.2, -0.15) is 0 Å². The van der Waals surface area contributed by atoms with E-state index >= 15 is 0 Å². The summed E-state index contributed by atoms with van der Waals surface area (Å²) in [5, 5.41) is 6.81. The Balaban J connectivity index is 0.00000312. The van der Waals surface area contributed by atoms with Crippen LogP contribution < -0.4 is 10.6 Å². The molecule has 0 radical (unpaired) electrons. The molecule has 142 valence electrons. The highest BCUT2D eigenvalue weighted by Gasteiger charge is 2.13. The number of guanidine groups is 1. The molecule has 2 rings (SSSR count). The monoisotopic (exact) mass is 461 g/mol. The molecule has 1 aliphatic rings. The maximum absolute atomic E-state index is 5.88. The van der Waals surface area contributed by atoms with Crippen LogP contribution in [-0.4, -0.2) is 45.5 Å². The van der Waals surface area contributed by atoms with E-state index in [2.05, 4.69) is 53.7 Å². The van der Waals surface area contributed by atoms with Crippen molar-refractivity contribution in [1.82, 2.24) is 10.6 Å². The first kappa shape index (κ1) is 22.2. The molecule has 25 heavy (non-hydrogen) atoms. The Bertz CT molecular complexity index is 519. The van der Waals surface area contributed by atoms with Gasteiger partial charge < -0.3 is 20.1 Å². The van der Waals surface area contributed by atoms with Crippen LogP contribution in [0.5, 0.6) is 0 Å². The van der Waals surface area contributed by atoms with Crippen molar-refractivity contribution in [3.05, 3.63) is 35.4 Å². The van der Waals surface area contributed by atoms with Crippen molar-refractivity contribution in [3.63, 3.8) is 0 Å². The van der Waals surface area contributed by atoms with Gasteiger partial charge in [-0.15, -0.1) is 24.0 Å². The van der Waals surface area contributed by atoms with Gasteiger partial charge in [0.25, 0.3) is 0 Å². The standard InChI is InChI=1S/C19H31N3O2.HI/c1-15-7-4-5-8-18(15)16(2)22-19(20-3)21-11-6-12-24-17-9-13-23-14-10-17;/h4-5,7-8,16-17H,6,9-14H2,1-3H3,(H2,20,21,22);1H. The van der Waals surface area contributed by atoms with E-state index in [9.17, 15) is 0 Å². The van der Waals surface area contributed by atoms with Gasteiger partial charge in [-0.3, -0.25) is 4.99 Å². The van der Waals surface area contributed by atoms with Crippen molar-refractivity contribution < 1.29 is 9.47 Å². The average Bonchev–Trinajstić information content (AvgIpc) is 2.61. The smallest absolute Gasteiger partial charge is 0.191 e. The molecule has 1 fully saturated rings. The fourth-order valence-corrected chi connectivity index (χ4v) is 2.92. The minimum atomic E-state index is 0. The number of ether oxygens (including phenoxy) is 2. The Morgan fingerprint density at radius 3 is 2.72 bits per heavy atom. The number of hydrogen-bond acceptors (Lipinski definition) is 3. The van der Waals surface area contributed by atoms with Gasteiger partial charge >= 0.3 is 0 Å². The predicted molar refractivity (Wildman–Crippen MR) is 114 cm³/mol. The van der Waals surface area contributed by atoms with Crippen molar-refractivity contribution in [1.29, 1.82) is 0 Å². The summed E-state index contributed by atoms with van der Waals surface area (Å²) < 4.78 is 11.2. The van der Waals surface area contributed by atoms with Gasteiger partial charge in [0.2, 0.25) is 0 Å². The van der Waals surface area contributed by atoms with E-state index in [1.165, 1.54) is 11.1 Å². The maximum Gasteiger partial charge on any atom is 0.191 e. The van der Waals surface area contributed by atoms with Crippen molar-refractivity contribution in [2.45, 2.75) is 45.3 Å². The normalized spacial score (nSPS) is 16.8. The molecule has 0 spiro atoms. The Hall–Kier alpha value is -0.860. The second-order valence-corrected chi connectivity index (χ2v) is 6.26. The summed E-state index contributed by atoms with van der Waals surface area (Å²) >= 11 is 0. The molecule has 1 aliphatic heterocycles. The molecule has 1 saturated heterocycles. The molecule has 5 nitrogen and oxygen atoms in total. The lowest BCUT2D eigenvalue weighted by molar-refractivity contribution is -0.0320. The quantitative estimate of drug-likeness (QED) is 0.283. The number of rotatable bonds is 7. The van der Waals surface area contributed by atoms with Gasteiger partial charge in [0.15, 0.2) is 5.96 Å². The lowest BCUT2D eigenvalue weighted by Gasteiger charge is -2.22. The molecular formula is C19H32IN3O2. The van der Waals surface area contributed by atoms with E-state index in [0.29, 0.717) is 6.10 Å². The summed E-state index contributed by atoms with van der Waals surface area (Å²) in [6, 6.07) is 8.65. The van der Waals surface area contributed by atoms with Gasteiger partial charge in [-0.25, -0.2) is 0 Å². The molecule has 0 amide bonds. The molecule has 0 saturated carbocycles. The van der Waals surface area contributed by atoms with Crippen LogP contribution in [0.2, 0.25) is 0 Å². The molecule has 1 heterocycles. The second-order valence-electron chi connectivity index (χ2n) is 6.26. The molecule has 1 unspecified atom stereocenters. The first-order chi connectivity index (χ1) is 11.7. The minimum absolute atomic E-state index is 0. The highest BCUT2D eigenvalue weighted by atomic mass is 127. The number of aliphatic imine (C=N–C) groups is 1. The van der Waals surface area contributed by atoms with Gasteiger partial charge in [0.1, 0.15) is 0 Å². The van der Waals surface area contributed by atoms with E-state index in [-0.39, 0.29) is 30.0 Å². The third-order valence-corrected chi connectivity index (χ3v) is 4.37. The molecule has 0 bridgehead atoms. The number of nitrogens with one attached hydrogen (secondary N) is 2. The number of benzene rings is 1. The lowest BCUT2D eigenvalue weighted by atomic mass is 10.0. The molecule has 1 atom stereocenters. The number of aryl methyl sites for hydroxylation is 1. The van der Waals surface area contributed by atoms with Crippen molar-refractivity contribution in [3.8, 4) is 0 Å². The first-order valence-corrected chi connectivity index (χ1v) is 8.92. The van der Waals surface area contributed by atoms with Crippen LogP contribution in [0.3, 0.4) is 0 Å². The fourth-order valence-electron chi connectivity index (χ4n) is 2.92. The predicted octanol–water partition coefficient (Wildman–Crippen LogP) is 3.42. The molecule has 1 aromatic rings. The van der Waals surface area contributed by atoms with E-state index in [1.807, 2.05) is 0 Å². The highest BCUT2D eigenvalue weighted by Crippen LogP contribution is 2.16. The van der Waals surface area contributed by atoms with Crippen LogP contribution >= 0.6 is 24.0 Å². The third kappa shape index (κ3) is 7.92. The zero-order valence-electron chi connectivity index (χ0n) is 15.6. The number of halogens is 1. The van der Waals surface area contributed by atoms with Gasteiger partial charge in [-0.05, 0) is 44.2 Å². The maximum atomic E-state index is 5.88. The van der Waals surface area contributed by atoms with Gasteiger partial charge in [-0.1, -0.05) is 24.3 Å². The zero-order valence-corrected chi connectivity index (χ0v) is 17.9. The largest absolute Gasteiger partial charge is 0.381 e. The Labute approximate surface area is 169 Å². The van der Waals surface area contributed by atoms with Crippen molar-refractivity contribution in [2.75, 3.05) is 33.4 Å². The summed E-state index contributed by atoms with van der Waals surface area (Å²) in [6.07, 6.45) is 3.38. The molecule has 2 N–H and O–H groups in total. The molecule has 1 aromatic carbocycles. The summed E-state index contributed by atoms with van der Waals surface area (Å²) in [7, 11) is 1.80. The Morgan fingerprint density at radius 2 is 2.04 bits per heavy atom. The van der Waals surface area contributed by atoms with Crippen molar-refractivity contribution >= 4 is 29.9 Å².